The second-order valence-electron chi connectivity index (χ2n) is 6.64. The lowest BCUT2D eigenvalue weighted by Crippen LogP contribution is -2.36. The van der Waals surface area contributed by atoms with E-state index in [2.05, 4.69) is 25.4 Å². The van der Waals surface area contributed by atoms with Gasteiger partial charge in [0, 0.05) is 20.2 Å². The highest BCUT2D eigenvalue weighted by Gasteiger charge is 2.27. The van der Waals surface area contributed by atoms with Gasteiger partial charge in [-0.15, -0.1) is 0 Å². The zero-order chi connectivity index (χ0) is 19.5. The van der Waals surface area contributed by atoms with Crippen LogP contribution in [0.4, 0.5) is 4.79 Å². The number of hydrogen-bond acceptors (Lipinski definition) is 7. The Morgan fingerprint density at radius 1 is 1.23 bits per heavy atom. The number of carbonyl (C=O) groups is 2. The fourth-order valence-corrected chi connectivity index (χ4v) is 2.09. The van der Waals surface area contributed by atoms with Crippen LogP contribution in [0.2, 0.25) is 0 Å². The lowest BCUT2D eigenvalue weighted by molar-refractivity contribution is 0.0225. The molecule has 1 atom stereocenters. The van der Waals surface area contributed by atoms with Gasteiger partial charge in [0.05, 0.1) is 6.04 Å². The second-order valence-corrected chi connectivity index (χ2v) is 6.64. The number of nitrogens with zero attached hydrogens (tertiary/aromatic N) is 6. The summed E-state index contributed by atoms with van der Waals surface area (Å²) in [6.45, 7) is 7.19. The summed E-state index contributed by atoms with van der Waals surface area (Å²) in [5, 5.41) is 6.66. The van der Waals surface area contributed by atoms with Crippen LogP contribution >= 0.6 is 0 Å². The Balaban J connectivity index is 2.30. The Morgan fingerprint density at radius 3 is 2.54 bits per heavy atom. The molecule has 0 spiro atoms. The third kappa shape index (κ3) is 4.32. The lowest BCUT2D eigenvalue weighted by atomic mass is 10.2. The fraction of sp³-hybridized carbons (Fsp3) is 0.500. The van der Waals surface area contributed by atoms with Crippen LogP contribution < -0.4 is 5.32 Å². The van der Waals surface area contributed by atoms with E-state index in [1.165, 1.54) is 35.4 Å². The van der Waals surface area contributed by atoms with E-state index in [1.54, 1.807) is 34.7 Å². The van der Waals surface area contributed by atoms with Gasteiger partial charge in [-0.25, -0.2) is 19.7 Å². The van der Waals surface area contributed by atoms with Crippen molar-refractivity contribution in [3.8, 4) is 5.82 Å². The maximum absolute atomic E-state index is 12.3. The minimum atomic E-state index is -0.603. The molecule has 2 rings (SSSR count). The third-order valence-electron chi connectivity index (χ3n) is 3.54. The van der Waals surface area contributed by atoms with Crippen LogP contribution in [0, 0.1) is 0 Å². The first-order valence-electron chi connectivity index (χ1n) is 8.04. The average molecular weight is 361 g/mol. The lowest BCUT2D eigenvalue weighted by Gasteiger charge is -2.28. The first-order chi connectivity index (χ1) is 12.1. The van der Waals surface area contributed by atoms with Gasteiger partial charge in [-0.1, -0.05) is 0 Å². The van der Waals surface area contributed by atoms with Crippen LogP contribution in [-0.2, 0) is 4.74 Å². The van der Waals surface area contributed by atoms with Gasteiger partial charge < -0.3 is 15.0 Å². The Bertz CT molecular complexity index is 797. The molecule has 1 N–H and O–H groups in total. The molecule has 0 unspecified atom stereocenters. The summed E-state index contributed by atoms with van der Waals surface area (Å²) in [5.74, 6) is 0.504. The minimum Gasteiger partial charge on any atom is -0.444 e. The first-order valence-corrected chi connectivity index (χ1v) is 8.04. The molecular formula is C16H23N7O3. The highest BCUT2D eigenvalue weighted by Crippen LogP contribution is 2.21. The molecule has 140 valence electrons. The number of ether oxygens (including phenoxy) is 1. The highest BCUT2D eigenvalue weighted by atomic mass is 16.6. The van der Waals surface area contributed by atoms with Gasteiger partial charge in [-0.3, -0.25) is 4.79 Å². The highest BCUT2D eigenvalue weighted by molar-refractivity contribution is 5.92. The number of nitrogens with one attached hydrogen (secondary N) is 1. The molecular weight excluding hydrogens is 338 g/mol. The van der Waals surface area contributed by atoms with Crippen molar-refractivity contribution in [3.63, 3.8) is 0 Å². The molecule has 0 fully saturated rings. The molecule has 2 aromatic heterocycles. The first kappa shape index (κ1) is 19.3. The summed E-state index contributed by atoms with van der Waals surface area (Å²) >= 11 is 0. The Kier molecular flexibility index (Phi) is 5.53. The zero-order valence-electron chi connectivity index (χ0n) is 15.7. The van der Waals surface area contributed by atoms with Gasteiger partial charge in [-0.2, -0.15) is 9.78 Å². The van der Waals surface area contributed by atoms with Crippen molar-refractivity contribution in [1.29, 1.82) is 0 Å². The SMILES string of the molecule is CNC(=O)c1cc(-n2ncnc2[C@H](C)N(C)C(=O)OC(C)(C)C)ncn1. The van der Waals surface area contributed by atoms with E-state index >= 15 is 0 Å². The van der Waals surface area contributed by atoms with E-state index in [-0.39, 0.29) is 11.6 Å². The van der Waals surface area contributed by atoms with Crippen molar-refractivity contribution in [1.82, 2.24) is 34.9 Å². The average Bonchev–Trinajstić information content (AvgIpc) is 3.08. The van der Waals surface area contributed by atoms with E-state index < -0.39 is 17.7 Å². The fourth-order valence-electron chi connectivity index (χ4n) is 2.09. The molecule has 2 aromatic rings. The van der Waals surface area contributed by atoms with Gasteiger partial charge in [0.25, 0.3) is 5.91 Å². The molecule has 26 heavy (non-hydrogen) atoms. The van der Waals surface area contributed by atoms with Crippen LogP contribution in [0.15, 0.2) is 18.7 Å². The van der Waals surface area contributed by atoms with Crippen molar-refractivity contribution in [2.24, 2.45) is 0 Å². The molecule has 0 bridgehead atoms. The summed E-state index contributed by atoms with van der Waals surface area (Å²) in [7, 11) is 3.14. The number of carbonyl (C=O) groups excluding carboxylic acids is 2. The van der Waals surface area contributed by atoms with Crippen LogP contribution in [0.5, 0.6) is 0 Å². The predicted octanol–water partition coefficient (Wildman–Crippen LogP) is 1.34. The van der Waals surface area contributed by atoms with Crippen LogP contribution in [0.25, 0.3) is 5.82 Å². The summed E-state index contributed by atoms with van der Waals surface area (Å²) in [6.07, 6.45) is 2.15. The maximum Gasteiger partial charge on any atom is 0.410 e. The summed E-state index contributed by atoms with van der Waals surface area (Å²) in [5.41, 5.74) is -0.402. The van der Waals surface area contributed by atoms with Gasteiger partial charge in [-0.05, 0) is 27.7 Å². The molecule has 0 aliphatic carbocycles. The summed E-state index contributed by atoms with van der Waals surface area (Å²) in [4.78, 5) is 37.8. The molecule has 10 heteroatoms. The Hall–Kier alpha value is -3.04. The summed E-state index contributed by atoms with van der Waals surface area (Å²) < 4.78 is 6.84. The van der Waals surface area contributed by atoms with Gasteiger partial charge in [0.2, 0.25) is 0 Å². The van der Waals surface area contributed by atoms with Gasteiger partial charge >= 0.3 is 6.09 Å². The van der Waals surface area contributed by atoms with Crippen molar-refractivity contribution >= 4 is 12.0 Å². The largest absolute Gasteiger partial charge is 0.444 e. The number of hydrogen-bond donors (Lipinski definition) is 1. The quantitative estimate of drug-likeness (QED) is 0.874. The van der Waals surface area contributed by atoms with Crippen LogP contribution in [-0.4, -0.2) is 61.3 Å². The molecule has 2 heterocycles. The predicted molar refractivity (Wildman–Crippen MR) is 92.8 cm³/mol. The van der Waals surface area contributed by atoms with E-state index in [0.29, 0.717) is 11.6 Å². The molecule has 0 saturated heterocycles. The van der Waals surface area contributed by atoms with Gasteiger partial charge in [0.1, 0.15) is 23.9 Å². The molecule has 10 nitrogen and oxygen atoms in total. The molecule has 0 aliphatic rings. The normalized spacial score (nSPS) is 12.4. The van der Waals surface area contributed by atoms with Crippen molar-refractivity contribution in [3.05, 3.63) is 30.2 Å². The number of amides is 2. The Labute approximate surface area is 151 Å². The molecule has 2 amide bonds. The van der Waals surface area contributed by atoms with Crippen molar-refractivity contribution in [2.45, 2.75) is 39.3 Å². The third-order valence-corrected chi connectivity index (χ3v) is 3.54. The molecule has 0 radical (unpaired) electrons. The van der Waals surface area contributed by atoms with E-state index in [4.69, 9.17) is 4.74 Å². The van der Waals surface area contributed by atoms with Crippen LogP contribution in [0.1, 0.15) is 50.0 Å². The number of aromatic nitrogens is 5. The molecule has 0 aromatic carbocycles. The monoisotopic (exact) mass is 361 g/mol. The van der Waals surface area contributed by atoms with E-state index in [0.717, 1.165) is 0 Å². The zero-order valence-corrected chi connectivity index (χ0v) is 15.7. The standard InChI is InChI=1S/C16H23N7O3/c1-10(22(6)15(25)26-16(2,3)4)13-20-9-21-23(13)12-7-11(14(24)17-5)18-8-19-12/h7-10H,1-6H3,(H,17,24)/t10-/m0/s1. The summed E-state index contributed by atoms with van der Waals surface area (Å²) in [6, 6.07) is 1.06. The maximum atomic E-state index is 12.3. The van der Waals surface area contributed by atoms with Crippen molar-refractivity contribution < 1.29 is 14.3 Å². The van der Waals surface area contributed by atoms with E-state index in [1.807, 2.05) is 0 Å². The van der Waals surface area contributed by atoms with E-state index in [9.17, 15) is 9.59 Å². The smallest absolute Gasteiger partial charge is 0.410 e. The Morgan fingerprint density at radius 2 is 1.92 bits per heavy atom. The molecule has 0 saturated carbocycles. The minimum absolute atomic E-state index is 0.201. The van der Waals surface area contributed by atoms with Crippen molar-refractivity contribution in [2.75, 3.05) is 14.1 Å². The van der Waals surface area contributed by atoms with Crippen LogP contribution in [0.3, 0.4) is 0 Å². The second kappa shape index (κ2) is 7.46. The number of rotatable bonds is 4. The topological polar surface area (TPSA) is 115 Å². The molecule has 0 aliphatic heterocycles. The van der Waals surface area contributed by atoms with Gasteiger partial charge in [0.15, 0.2) is 11.6 Å².